The van der Waals surface area contributed by atoms with Gasteiger partial charge in [0.2, 0.25) is 5.96 Å². The molecule has 0 amide bonds. The van der Waals surface area contributed by atoms with E-state index in [-0.39, 0.29) is 12.3 Å². The largest absolute Gasteiger partial charge is 0.370 e. The molecule has 0 aromatic carbocycles. The van der Waals surface area contributed by atoms with Crippen molar-refractivity contribution in [2.75, 3.05) is 20.1 Å². The van der Waals surface area contributed by atoms with Gasteiger partial charge in [0.15, 0.2) is 17.9 Å². The summed E-state index contributed by atoms with van der Waals surface area (Å²) < 4.78 is 0. The number of hydrogen-bond acceptors (Lipinski definition) is 8. The van der Waals surface area contributed by atoms with Gasteiger partial charge in [-0.3, -0.25) is 15.6 Å². The molecule has 2 atom stereocenters. The van der Waals surface area contributed by atoms with Crippen molar-refractivity contribution < 1.29 is 0 Å². The van der Waals surface area contributed by atoms with Gasteiger partial charge >= 0.3 is 0 Å². The van der Waals surface area contributed by atoms with Crippen molar-refractivity contribution in [1.29, 1.82) is 0 Å². The van der Waals surface area contributed by atoms with Crippen LogP contribution in [0.5, 0.6) is 0 Å². The molecule has 0 aromatic heterocycles. The first-order valence-corrected chi connectivity index (χ1v) is 8.28. The third kappa shape index (κ3) is 5.28. The van der Waals surface area contributed by atoms with Gasteiger partial charge in [-0.25, -0.2) is 15.0 Å². The molecule has 10 heteroatoms. The summed E-state index contributed by atoms with van der Waals surface area (Å²) in [6, 6.07) is 0. The minimum Gasteiger partial charge on any atom is -0.370 e. The summed E-state index contributed by atoms with van der Waals surface area (Å²) in [5.74, 6) is 2.15. The first-order chi connectivity index (χ1) is 11.5. The van der Waals surface area contributed by atoms with Crippen LogP contribution in [-0.4, -0.2) is 61.2 Å². The summed E-state index contributed by atoms with van der Waals surface area (Å²) in [5.41, 5.74) is 11.6. The van der Waals surface area contributed by atoms with Gasteiger partial charge in [0, 0.05) is 26.6 Å². The molecule has 0 bridgehead atoms. The number of aliphatic imine (C=N–C) groups is 4. The van der Waals surface area contributed by atoms with Crippen LogP contribution < -0.4 is 27.4 Å². The van der Waals surface area contributed by atoms with Crippen molar-refractivity contribution >= 4 is 23.8 Å². The van der Waals surface area contributed by atoms with Crippen LogP contribution in [0.4, 0.5) is 0 Å². The highest BCUT2D eigenvalue weighted by Gasteiger charge is 2.19. The zero-order valence-corrected chi connectivity index (χ0v) is 14.6. The zero-order valence-electron chi connectivity index (χ0n) is 14.6. The Balaban J connectivity index is 1.87. The molecule has 0 fully saturated rings. The van der Waals surface area contributed by atoms with Crippen molar-refractivity contribution in [3.8, 4) is 0 Å². The quantitative estimate of drug-likeness (QED) is 0.391. The van der Waals surface area contributed by atoms with Gasteiger partial charge in [0.05, 0.1) is 0 Å². The summed E-state index contributed by atoms with van der Waals surface area (Å²) >= 11 is 0. The smallest absolute Gasteiger partial charge is 0.202 e. The average molecular weight is 336 g/mol. The van der Waals surface area contributed by atoms with Crippen LogP contribution in [0.15, 0.2) is 20.0 Å². The summed E-state index contributed by atoms with van der Waals surface area (Å²) in [6.45, 7) is 5.52. The Morgan fingerprint density at radius 1 is 1.17 bits per heavy atom. The van der Waals surface area contributed by atoms with E-state index in [0.717, 1.165) is 32.4 Å². The van der Waals surface area contributed by atoms with E-state index in [2.05, 4.69) is 42.8 Å². The van der Waals surface area contributed by atoms with E-state index in [9.17, 15) is 0 Å². The molecule has 2 aliphatic rings. The number of guanidine groups is 4. The SMILES string of the molecule is CCCCN=C1NC(N)=NC(CCN(C)C2=NC(C)N=C(N)N2)N1. The summed E-state index contributed by atoms with van der Waals surface area (Å²) in [4.78, 5) is 19.4. The maximum absolute atomic E-state index is 5.84. The maximum Gasteiger partial charge on any atom is 0.202 e. The number of hydrogen-bond donors (Lipinski definition) is 5. The number of rotatable bonds is 6. The fourth-order valence-corrected chi connectivity index (χ4v) is 2.32. The molecular weight excluding hydrogens is 308 g/mol. The van der Waals surface area contributed by atoms with Crippen molar-refractivity contribution in [3.05, 3.63) is 0 Å². The molecular formula is C14H28N10. The molecule has 24 heavy (non-hydrogen) atoms. The number of nitrogens with two attached hydrogens (primary N) is 2. The molecule has 0 aromatic rings. The monoisotopic (exact) mass is 336 g/mol. The van der Waals surface area contributed by atoms with Gasteiger partial charge in [0.25, 0.3) is 0 Å². The Morgan fingerprint density at radius 3 is 2.62 bits per heavy atom. The van der Waals surface area contributed by atoms with E-state index < -0.39 is 0 Å². The Kier molecular flexibility index (Phi) is 6.21. The minimum atomic E-state index is -0.174. The number of nitrogens with one attached hydrogen (secondary N) is 3. The molecule has 2 heterocycles. The summed E-state index contributed by atoms with van der Waals surface area (Å²) in [6.07, 6.45) is 2.60. The first kappa shape index (κ1) is 17.8. The molecule has 0 saturated heterocycles. The Hall–Kier alpha value is -2.52. The van der Waals surface area contributed by atoms with Gasteiger partial charge in [-0.15, -0.1) is 0 Å². The second-order valence-corrected chi connectivity index (χ2v) is 5.82. The van der Waals surface area contributed by atoms with E-state index >= 15 is 0 Å². The van der Waals surface area contributed by atoms with Gasteiger partial charge in [0.1, 0.15) is 12.3 Å². The van der Waals surface area contributed by atoms with Gasteiger partial charge in [-0.1, -0.05) is 13.3 Å². The zero-order chi connectivity index (χ0) is 17.5. The van der Waals surface area contributed by atoms with Crippen molar-refractivity contribution in [2.45, 2.75) is 45.4 Å². The lowest BCUT2D eigenvalue weighted by molar-refractivity contribution is 0.427. The fraction of sp³-hybridized carbons (Fsp3) is 0.714. The highest BCUT2D eigenvalue weighted by molar-refractivity contribution is 6.00. The van der Waals surface area contributed by atoms with Crippen LogP contribution in [0.25, 0.3) is 0 Å². The molecule has 134 valence electrons. The van der Waals surface area contributed by atoms with E-state index in [1.807, 2.05) is 18.9 Å². The van der Waals surface area contributed by atoms with Crippen LogP contribution >= 0.6 is 0 Å². The number of unbranched alkanes of at least 4 members (excludes halogenated alkanes) is 1. The molecule has 0 aliphatic carbocycles. The predicted molar refractivity (Wildman–Crippen MR) is 97.8 cm³/mol. The van der Waals surface area contributed by atoms with Crippen LogP contribution in [-0.2, 0) is 0 Å². The first-order valence-electron chi connectivity index (χ1n) is 8.28. The van der Waals surface area contributed by atoms with E-state index in [0.29, 0.717) is 23.8 Å². The standard InChI is InChI=1S/C14H28N10/c1-4-5-7-17-13-21-10(20-12(16)22-13)6-8-24(3)14-19-9(2)18-11(15)23-14/h9-10H,4-8H2,1-3H3,(H3,15,18,19,23)(H4,16,17,20,21,22). The van der Waals surface area contributed by atoms with Crippen LogP contribution in [0, 0.1) is 0 Å². The van der Waals surface area contributed by atoms with Crippen molar-refractivity contribution in [3.63, 3.8) is 0 Å². The second-order valence-electron chi connectivity index (χ2n) is 5.82. The highest BCUT2D eigenvalue weighted by atomic mass is 15.4. The van der Waals surface area contributed by atoms with Gasteiger partial charge < -0.3 is 21.7 Å². The normalized spacial score (nSPS) is 25.0. The molecule has 7 N–H and O–H groups in total. The fourth-order valence-electron chi connectivity index (χ4n) is 2.32. The lowest BCUT2D eigenvalue weighted by atomic mass is 10.3. The Labute approximate surface area is 142 Å². The molecule has 2 rings (SSSR count). The van der Waals surface area contributed by atoms with Crippen LogP contribution in [0.2, 0.25) is 0 Å². The molecule has 0 radical (unpaired) electrons. The lowest BCUT2D eigenvalue weighted by Gasteiger charge is -2.28. The summed E-state index contributed by atoms with van der Waals surface area (Å²) in [7, 11) is 1.95. The van der Waals surface area contributed by atoms with Crippen molar-refractivity contribution in [2.24, 2.45) is 31.4 Å². The predicted octanol–water partition coefficient (Wildman–Crippen LogP) is -1.08. The minimum absolute atomic E-state index is 0.123. The van der Waals surface area contributed by atoms with Crippen molar-refractivity contribution in [1.82, 2.24) is 20.9 Å². The molecule has 10 nitrogen and oxygen atoms in total. The Bertz CT molecular complexity index is 550. The molecule has 2 unspecified atom stereocenters. The van der Waals surface area contributed by atoms with E-state index in [1.54, 1.807) is 0 Å². The van der Waals surface area contributed by atoms with Gasteiger partial charge in [-0.2, -0.15) is 0 Å². The maximum atomic E-state index is 5.84. The Morgan fingerprint density at radius 2 is 1.92 bits per heavy atom. The second kappa shape index (κ2) is 8.37. The molecule has 0 saturated carbocycles. The van der Waals surface area contributed by atoms with Crippen LogP contribution in [0.1, 0.15) is 33.1 Å². The van der Waals surface area contributed by atoms with Gasteiger partial charge in [-0.05, 0) is 13.3 Å². The third-order valence-electron chi connectivity index (χ3n) is 3.60. The van der Waals surface area contributed by atoms with E-state index in [1.165, 1.54) is 0 Å². The average Bonchev–Trinajstić information content (AvgIpc) is 2.51. The lowest BCUT2D eigenvalue weighted by Crippen LogP contribution is -2.54. The number of nitrogens with zero attached hydrogens (tertiary/aromatic N) is 5. The molecule has 0 spiro atoms. The molecule has 2 aliphatic heterocycles. The van der Waals surface area contributed by atoms with Crippen LogP contribution in [0.3, 0.4) is 0 Å². The highest BCUT2D eigenvalue weighted by Crippen LogP contribution is 2.03. The van der Waals surface area contributed by atoms with E-state index in [4.69, 9.17) is 11.5 Å². The summed E-state index contributed by atoms with van der Waals surface area (Å²) in [5, 5.41) is 9.18. The third-order valence-corrected chi connectivity index (χ3v) is 3.60. The topological polar surface area (TPSA) is 141 Å².